The minimum Gasteiger partial charge on any atom is -0.357 e. The standard InChI is InChI=1S/C15H10BrFN2O3S/c1-9-2-4-11(5-3-9)23(20,21)22-15-12-6-10(16)7-13(17)14(12)18-8-19-15/h2-8H,1H3. The van der Waals surface area contributed by atoms with E-state index in [2.05, 4.69) is 25.9 Å². The van der Waals surface area contributed by atoms with Gasteiger partial charge in [0.15, 0.2) is 5.82 Å². The van der Waals surface area contributed by atoms with Gasteiger partial charge in [-0.2, -0.15) is 8.42 Å². The van der Waals surface area contributed by atoms with Crippen molar-refractivity contribution in [2.24, 2.45) is 0 Å². The van der Waals surface area contributed by atoms with Gasteiger partial charge in [0.1, 0.15) is 16.7 Å². The van der Waals surface area contributed by atoms with Crippen molar-refractivity contribution in [1.82, 2.24) is 9.97 Å². The molecule has 1 aromatic heterocycles. The summed E-state index contributed by atoms with van der Waals surface area (Å²) in [5, 5.41) is 0.162. The van der Waals surface area contributed by atoms with Crippen molar-refractivity contribution in [1.29, 1.82) is 0 Å². The van der Waals surface area contributed by atoms with Crippen LogP contribution in [0.2, 0.25) is 0 Å². The topological polar surface area (TPSA) is 69.2 Å². The summed E-state index contributed by atoms with van der Waals surface area (Å²) in [7, 11) is -4.08. The third kappa shape index (κ3) is 3.18. The second-order valence-electron chi connectivity index (χ2n) is 4.81. The van der Waals surface area contributed by atoms with Gasteiger partial charge < -0.3 is 4.18 Å². The highest BCUT2D eigenvalue weighted by atomic mass is 79.9. The van der Waals surface area contributed by atoms with E-state index in [9.17, 15) is 12.8 Å². The normalized spacial score (nSPS) is 11.6. The molecule has 2 aromatic carbocycles. The maximum atomic E-state index is 13.9. The minimum atomic E-state index is -4.08. The molecule has 0 fully saturated rings. The highest BCUT2D eigenvalue weighted by Crippen LogP contribution is 2.29. The van der Waals surface area contributed by atoms with E-state index in [1.165, 1.54) is 24.3 Å². The van der Waals surface area contributed by atoms with Gasteiger partial charge in [0.2, 0.25) is 5.88 Å². The Kier molecular flexibility index (Phi) is 4.03. The van der Waals surface area contributed by atoms with Crippen LogP contribution in [0.3, 0.4) is 0 Å². The van der Waals surface area contributed by atoms with Gasteiger partial charge in [0, 0.05) is 4.47 Å². The summed E-state index contributed by atoms with van der Waals surface area (Å²) in [4.78, 5) is 7.62. The highest BCUT2D eigenvalue weighted by molar-refractivity contribution is 9.10. The Hall–Kier alpha value is -2.06. The van der Waals surface area contributed by atoms with Gasteiger partial charge in [-0.05, 0) is 31.2 Å². The van der Waals surface area contributed by atoms with Crippen LogP contribution in [-0.4, -0.2) is 18.4 Å². The van der Waals surface area contributed by atoms with Gasteiger partial charge in [0.25, 0.3) is 0 Å². The molecule has 0 radical (unpaired) electrons. The number of fused-ring (bicyclic) bond motifs is 1. The van der Waals surface area contributed by atoms with Gasteiger partial charge in [-0.3, -0.25) is 0 Å². The SMILES string of the molecule is Cc1ccc(S(=O)(=O)Oc2ncnc3c(F)cc(Br)cc23)cc1. The first-order valence-corrected chi connectivity index (χ1v) is 8.68. The molecule has 0 aliphatic heterocycles. The van der Waals surface area contributed by atoms with E-state index in [0.29, 0.717) is 4.47 Å². The molecule has 0 bridgehead atoms. The van der Waals surface area contributed by atoms with Crippen molar-refractivity contribution in [2.45, 2.75) is 11.8 Å². The Bertz CT molecular complexity index is 992. The first kappa shape index (κ1) is 15.8. The third-order valence-electron chi connectivity index (χ3n) is 3.12. The molecule has 0 saturated heterocycles. The summed E-state index contributed by atoms with van der Waals surface area (Å²) in [6, 6.07) is 8.91. The van der Waals surface area contributed by atoms with Crippen molar-refractivity contribution in [2.75, 3.05) is 0 Å². The van der Waals surface area contributed by atoms with Crippen LogP contribution in [0.4, 0.5) is 4.39 Å². The number of rotatable bonds is 3. The molecular weight excluding hydrogens is 387 g/mol. The number of benzene rings is 2. The van der Waals surface area contributed by atoms with Crippen LogP contribution in [0.15, 0.2) is 52.1 Å². The van der Waals surface area contributed by atoms with Gasteiger partial charge in [-0.25, -0.2) is 14.4 Å². The minimum absolute atomic E-state index is 0.00895. The predicted molar refractivity (Wildman–Crippen MR) is 86.2 cm³/mol. The molecule has 0 aliphatic rings. The van der Waals surface area contributed by atoms with E-state index in [-0.39, 0.29) is 21.7 Å². The molecule has 0 saturated carbocycles. The zero-order valence-corrected chi connectivity index (χ0v) is 14.2. The Morgan fingerprint density at radius 2 is 1.83 bits per heavy atom. The first-order chi connectivity index (χ1) is 10.9. The van der Waals surface area contributed by atoms with E-state index in [1.807, 2.05) is 6.92 Å². The fourth-order valence-corrected chi connectivity index (χ4v) is 3.33. The molecule has 3 rings (SSSR count). The number of hydrogen-bond donors (Lipinski definition) is 0. The fraction of sp³-hybridized carbons (Fsp3) is 0.0667. The molecule has 1 heterocycles. The highest BCUT2D eigenvalue weighted by Gasteiger charge is 2.20. The number of aromatic nitrogens is 2. The van der Waals surface area contributed by atoms with Crippen LogP contribution in [0.25, 0.3) is 10.9 Å². The van der Waals surface area contributed by atoms with E-state index in [0.717, 1.165) is 11.9 Å². The molecule has 118 valence electrons. The van der Waals surface area contributed by atoms with Crippen molar-refractivity contribution in [3.8, 4) is 5.88 Å². The van der Waals surface area contributed by atoms with Gasteiger partial charge in [-0.15, -0.1) is 0 Å². The second-order valence-corrected chi connectivity index (χ2v) is 7.28. The zero-order chi connectivity index (χ0) is 16.6. The fourth-order valence-electron chi connectivity index (χ4n) is 1.99. The largest absolute Gasteiger partial charge is 0.357 e. The molecule has 23 heavy (non-hydrogen) atoms. The van der Waals surface area contributed by atoms with Crippen molar-refractivity contribution >= 4 is 37.0 Å². The quantitative estimate of drug-likeness (QED) is 0.632. The van der Waals surface area contributed by atoms with E-state index in [4.69, 9.17) is 4.18 Å². The Morgan fingerprint density at radius 1 is 1.13 bits per heavy atom. The summed E-state index contributed by atoms with van der Waals surface area (Å²) in [6.07, 6.45) is 1.05. The number of halogens is 2. The lowest BCUT2D eigenvalue weighted by Crippen LogP contribution is -2.11. The Morgan fingerprint density at radius 3 is 2.52 bits per heavy atom. The lowest BCUT2D eigenvalue weighted by atomic mass is 10.2. The molecule has 0 spiro atoms. The van der Waals surface area contributed by atoms with Crippen molar-refractivity contribution in [3.63, 3.8) is 0 Å². The average molecular weight is 397 g/mol. The second kappa shape index (κ2) is 5.86. The predicted octanol–water partition coefficient (Wildman–Crippen LogP) is 3.61. The van der Waals surface area contributed by atoms with Crippen LogP contribution >= 0.6 is 15.9 Å². The molecule has 5 nitrogen and oxygen atoms in total. The van der Waals surface area contributed by atoms with Crippen LogP contribution in [0.5, 0.6) is 5.88 Å². The summed E-state index contributed by atoms with van der Waals surface area (Å²) in [5.74, 6) is -0.829. The zero-order valence-electron chi connectivity index (χ0n) is 11.8. The maximum absolute atomic E-state index is 13.9. The maximum Gasteiger partial charge on any atom is 0.340 e. The Labute approximate surface area is 140 Å². The number of hydrogen-bond acceptors (Lipinski definition) is 5. The van der Waals surface area contributed by atoms with Crippen LogP contribution in [-0.2, 0) is 10.1 Å². The van der Waals surface area contributed by atoms with Crippen LogP contribution < -0.4 is 4.18 Å². The average Bonchev–Trinajstić information content (AvgIpc) is 2.48. The summed E-state index contributed by atoms with van der Waals surface area (Å²) < 4.78 is 44.1. The summed E-state index contributed by atoms with van der Waals surface area (Å²) in [6.45, 7) is 1.84. The van der Waals surface area contributed by atoms with E-state index >= 15 is 0 Å². The Balaban J connectivity index is 2.09. The summed E-state index contributed by atoms with van der Waals surface area (Å²) >= 11 is 3.15. The number of nitrogens with zero attached hydrogens (tertiary/aromatic N) is 2. The number of aryl methyl sites for hydroxylation is 1. The lowest BCUT2D eigenvalue weighted by Gasteiger charge is -2.09. The molecule has 8 heteroatoms. The first-order valence-electron chi connectivity index (χ1n) is 6.48. The third-order valence-corrected chi connectivity index (χ3v) is 4.80. The van der Waals surface area contributed by atoms with Gasteiger partial charge in [-0.1, -0.05) is 33.6 Å². The van der Waals surface area contributed by atoms with Crippen molar-refractivity contribution < 1.29 is 17.0 Å². The lowest BCUT2D eigenvalue weighted by molar-refractivity contribution is 0.478. The summed E-state index contributed by atoms with van der Waals surface area (Å²) in [5.41, 5.74) is 0.903. The molecule has 0 atom stereocenters. The molecule has 0 amide bonds. The molecule has 3 aromatic rings. The van der Waals surface area contributed by atoms with Gasteiger partial charge in [0.05, 0.1) is 5.39 Å². The van der Waals surface area contributed by atoms with Gasteiger partial charge >= 0.3 is 10.1 Å². The molecule has 0 aliphatic carbocycles. The monoisotopic (exact) mass is 396 g/mol. The van der Waals surface area contributed by atoms with Crippen LogP contribution in [0, 0.1) is 12.7 Å². The van der Waals surface area contributed by atoms with Crippen LogP contribution in [0.1, 0.15) is 5.56 Å². The van der Waals surface area contributed by atoms with E-state index in [1.54, 1.807) is 12.1 Å². The molecular formula is C15H10BrFN2O3S. The molecule has 0 N–H and O–H groups in total. The molecule has 0 unspecified atom stereocenters. The van der Waals surface area contributed by atoms with Crippen molar-refractivity contribution in [3.05, 3.63) is 58.6 Å². The smallest absolute Gasteiger partial charge is 0.340 e. The van der Waals surface area contributed by atoms with E-state index < -0.39 is 15.9 Å².